The average Bonchev–Trinajstić information content (AvgIpc) is 2.94. The molecule has 0 amide bonds. The molecule has 1 aromatic heterocycles. The number of nitrogens with zero attached hydrogens (tertiary/aromatic N) is 3. The van der Waals surface area contributed by atoms with E-state index in [9.17, 15) is 4.79 Å². The van der Waals surface area contributed by atoms with E-state index < -0.39 is 0 Å². The summed E-state index contributed by atoms with van der Waals surface area (Å²) in [5.41, 5.74) is 3.32. The summed E-state index contributed by atoms with van der Waals surface area (Å²) in [6.07, 6.45) is 3.14. The van der Waals surface area contributed by atoms with Crippen molar-refractivity contribution in [3.8, 4) is 11.8 Å². The maximum absolute atomic E-state index is 12.3. The van der Waals surface area contributed by atoms with Gasteiger partial charge in [0.1, 0.15) is 5.15 Å². The van der Waals surface area contributed by atoms with Gasteiger partial charge in [-0.15, -0.1) is 0 Å². The number of benzene rings is 2. The molecule has 25 heavy (non-hydrogen) atoms. The summed E-state index contributed by atoms with van der Waals surface area (Å²) in [7, 11) is 0. The van der Waals surface area contributed by atoms with Gasteiger partial charge in [0.15, 0.2) is 5.78 Å². The van der Waals surface area contributed by atoms with Crippen LogP contribution < -0.4 is 0 Å². The van der Waals surface area contributed by atoms with Gasteiger partial charge in [-0.2, -0.15) is 10.4 Å². The Bertz CT molecular complexity index is 980. The molecule has 0 saturated carbocycles. The van der Waals surface area contributed by atoms with Crippen molar-refractivity contribution in [2.24, 2.45) is 0 Å². The number of aryl methyl sites for hydroxylation is 1. The molecule has 0 unspecified atom stereocenters. The van der Waals surface area contributed by atoms with Crippen LogP contribution >= 0.6 is 11.6 Å². The van der Waals surface area contributed by atoms with E-state index in [1.807, 2.05) is 43.3 Å². The molecule has 5 heteroatoms. The summed E-state index contributed by atoms with van der Waals surface area (Å²) in [5.74, 6) is -0.160. The van der Waals surface area contributed by atoms with E-state index in [4.69, 9.17) is 16.9 Å². The Morgan fingerprint density at radius 3 is 2.48 bits per heavy atom. The number of carbonyl (C=O) groups is 1. The highest BCUT2D eigenvalue weighted by Gasteiger charge is 2.13. The number of hydrogen-bond donors (Lipinski definition) is 0. The molecule has 0 spiro atoms. The monoisotopic (exact) mass is 347 g/mol. The first-order valence-corrected chi connectivity index (χ1v) is 8.01. The normalized spacial score (nSPS) is 10.8. The number of rotatable bonds is 4. The fourth-order valence-electron chi connectivity index (χ4n) is 2.41. The Kier molecular flexibility index (Phi) is 4.78. The van der Waals surface area contributed by atoms with Crippen molar-refractivity contribution >= 4 is 23.5 Å². The second kappa shape index (κ2) is 7.16. The maximum Gasteiger partial charge on any atom is 0.185 e. The van der Waals surface area contributed by atoms with E-state index in [1.165, 1.54) is 6.08 Å². The molecule has 0 aliphatic carbocycles. The van der Waals surface area contributed by atoms with Crippen molar-refractivity contribution in [1.82, 2.24) is 9.78 Å². The lowest BCUT2D eigenvalue weighted by molar-refractivity contribution is 0.104. The molecule has 0 saturated heterocycles. The third-order valence-electron chi connectivity index (χ3n) is 3.75. The lowest BCUT2D eigenvalue weighted by Crippen LogP contribution is -1.96. The third-order valence-corrected chi connectivity index (χ3v) is 4.11. The zero-order valence-electron chi connectivity index (χ0n) is 13.5. The minimum absolute atomic E-state index is 0.160. The number of hydrogen-bond acceptors (Lipinski definition) is 3. The minimum atomic E-state index is -0.160. The zero-order valence-corrected chi connectivity index (χ0v) is 14.2. The largest absolute Gasteiger partial charge is 0.289 e. The van der Waals surface area contributed by atoms with Gasteiger partial charge in [-0.3, -0.25) is 4.79 Å². The van der Waals surface area contributed by atoms with Crippen LogP contribution in [0.1, 0.15) is 27.2 Å². The molecule has 4 nitrogen and oxygen atoms in total. The summed E-state index contributed by atoms with van der Waals surface area (Å²) in [6, 6.07) is 18.1. The SMILES string of the molecule is Cc1nn(-c2ccccc2)c(Cl)c1/C=C/C(=O)c1ccc(C#N)cc1. The highest BCUT2D eigenvalue weighted by molar-refractivity contribution is 6.31. The second-order valence-corrected chi connectivity index (χ2v) is 5.78. The highest BCUT2D eigenvalue weighted by atomic mass is 35.5. The predicted molar refractivity (Wildman–Crippen MR) is 97.8 cm³/mol. The molecule has 3 rings (SSSR count). The van der Waals surface area contributed by atoms with Crippen molar-refractivity contribution < 1.29 is 4.79 Å². The van der Waals surface area contributed by atoms with Gasteiger partial charge >= 0.3 is 0 Å². The van der Waals surface area contributed by atoms with Gasteiger partial charge in [0, 0.05) is 11.1 Å². The van der Waals surface area contributed by atoms with Crippen LogP contribution in [0.2, 0.25) is 5.15 Å². The van der Waals surface area contributed by atoms with Gasteiger partial charge in [-0.25, -0.2) is 4.68 Å². The standard InChI is InChI=1S/C20H14ClN3O/c1-14-18(20(21)24(23-14)17-5-3-2-4-6-17)11-12-19(25)16-9-7-15(13-22)8-10-16/h2-12H,1H3/b12-11+. The van der Waals surface area contributed by atoms with Gasteiger partial charge in [0.05, 0.1) is 23.0 Å². The van der Waals surface area contributed by atoms with Crippen LogP contribution in [0.4, 0.5) is 0 Å². The number of allylic oxidation sites excluding steroid dienone is 1. The van der Waals surface area contributed by atoms with Crippen molar-refractivity contribution in [2.45, 2.75) is 6.92 Å². The Labute approximate surface area is 150 Å². The van der Waals surface area contributed by atoms with Crippen molar-refractivity contribution in [3.63, 3.8) is 0 Å². The molecule has 0 aliphatic heterocycles. The van der Waals surface area contributed by atoms with E-state index in [-0.39, 0.29) is 5.78 Å². The fraction of sp³-hybridized carbons (Fsp3) is 0.0500. The van der Waals surface area contributed by atoms with Crippen LogP contribution in [0.25, 0.3) is 11.8 Å². The highest BCUT2D eigenvalue weighted by Crippen LogP contribution is 2.24. The first-order valence-electron chi connectivity index (χ1n) is 7.63. The van der Waals surface area contributed by atoms with E-state index >= 15 is 0 Å². The van der Waals surface area contributed by atoms with E-state index in [2.05, 4.69) is 5.10 Å². The van der Waals surface area contributed by atoms with Gasteiger partial charge in [-0.05, 0) is 55.5 Å². The summed E-state index contributed by atoms with van der Waals surface area (Å²) in [6.45, 7) is 1.84. The van der Waals surface area contributed by atoms with Gasteiger partial charge in [0.2, 0.25) is 0 Å². The summed E-state index contributed by atoms with van der Waals surface area (Å²) in [5, 5.41) is 13.7. The molecule has 0 bridgehead atoms. The van der Waals surface area contributed by atoms with E-state index in [1.54, 1.807) is 35.0 Å². The Balaban J connectivity index is 1.87. The van der Waals surface area contributed by atoms with Crippen LogP contribution in [0, 0.1) is 18.3 Å². The van der Waals surface area contributed by atoms with Crippen LogP contribution in [-0.2, 0) is 0 Å². The molecule has 122 valence electrons. The summed E-state index contributed by atoms with van der Waals surface area (Å²) >= 11 is 6.44. The molecule has 3 aromatic rings. The average molecular weight is 348 g/mol. The van der Waals surface area contributed by atoms with E-state index in [0.29, 0.717) is 21.8 Å². The third kappa shape index (κ3) is 3.52. The van der Waals surface area contributed by atoms with Crippen molar-refractivity contribution in [3.05, 3.63) is 88.2 Å². The molecule has 2 aromatic carbocycles. The predicted octanol–water partition coefficient (Wildman–Crippen LogP) is 4.60. The molecule has 0 N–H and O–H groups in total. The second-order valence-electron chi connectivity index (χ2n) is 5.42. The molecule has 1 heterocycles. The Morgan fingerprint density at radius 2 is 1.84 bits per heavy atom. The Hall–Kier alpha value is -3.16. The van der Waals surface area contributed by atoms with Crippen LogP contribution in [0.15, 0.2) is 60.7 Å². The van der Waals surface area contributed by atoms with Gasteiger partial charge in [0.25, 0.3) is 0 Å². The van der Waals surface area contributed by atoms with Crippen molar-refractivity contribution in [2.75, 3.05) is 0 Å². The molecule has 0 radical (unpaired) electrons. The molecular formula is C20H14ClN3O. The van der Waals surface area contributed by atoms with Gasteiger partial charge < -0.3 is 0 Å². The van der Waals surface area contributed by atoms with E-state index in [0.717, 1.165) is 11.4 Å². The minimum Gasteiger partial charge on any atom is -0.289 e. The van der Waals surface area contributed by atoms with Crippen LogP contribution in [-0.4, -0.2) is 15.6 Å². The fourth-order valence-corrected chi connectivity index (χ4v) is 2.74. The van der Waals surface area contributed by atoms with Crippen LogP contribution in [0.3, 0.4) is 0 Å². The maximum atomic E-state index is 12.3. The smallest absolute Gasteiger partial charge is 0.185 e. The first kappa shape index (κ1) is 16.7. The number of ketones is 1. The zero-order chi connectivity index (χ0) is 17.8. The molecule has 0 fully saturated rings. The Morgan fingerprint density at radius 1 is 1.16 bits per heavy atom. The molecule has 0 atom stereocenters. The summed E-state index contributed by atoms with van der Waals surface area (Å²) in [4.78, 5) is 12.3. The van der Waals surface area contributed by atoms with Crippen molar-refractivity contribution in [1.29, 1.82) is 5.26 Å². The van der Waals surface area contributed by atoms with Gasteiger partial charge in [-0.1, -0.05) is 29.8 Å². The quantitative estimate of drug-likeness (QED) is 0.512. The lowest BCUT2D eigenvalue weighted by atomic mass is 10.1. The number of halogens is 1. The topological polar surface area (TPSA) is 58.7 Å². The summed E-state index contributed by atoms with van der Waals surface area (Å²) < 4.78 is 1.64. The number of nitriles is 1. The molecular weight excluding hydrogens is 334 g/mol. The number of para-hydroxylation sites is 1. The lowest BCUT2D eigenvalue weighted by Gasteiger charge is -2.02. The number of aromatic nitrogens is 2. The molecule has 0 aliphatic rings. The van der Waals surface area contributed by atoms with Crippen LogP contribution in [0.5, 0.6) is 0 Å². The number of carbonyl (C=O) groups excluding carboxylic acids is 1. The first-order chi connectivity index (χ1) is 12.1.